The van der Waals surface area contributed by atoms with E-state index in [1.165, 1.54) is 5.56 Å². The summed E-state index contributed by atoms with van der Waals surface area (Å²) in [6.07, 6.45) is 0. The summed E-state index contributed by atoms with van der Waals surface area (Å²) in [7, 11) is 1.65. The van der Waals surface area contributed by atoms with Gasteiger partial charge in [-0.15, -0.1) is 11.8 Å². The van der Waals surface area contributed by atoms with E-state index >= 15 is 0 Å². The second kappa shape index (κ2) is 6.81. The average Bonchev–Trinajstić information content (AvgIpc) is 2.44. The van der Waals surface area contributed by atoms with E-state index < -0.39 is 0 Å². The number of carbonyl (C=O) groups is 1. The summed E-state index contributed by atoms with van der Waals surface area (Å²) >= 11 is 1.56. The van der Waals surface area contributed by atoms with Crippen molar-refractivity contribution < 1.29 is 9.53 Å². The number of thioether (sulfide) groups is 1. The summed E-state index contributed by atoms with van der Waals surface area (Å²) in [6, 6.07) is 11.9. The number of aryl methyl sites for hydroxylation is 3. The zero-order valence-electron chi connectivity index (χ0n) is 12.9. The lowest BCUT2D eigenvalue weighted by atomic mass is 9.97. The van der Waals surface area contributed by atoms with Gasteiger partial charge in [-0.25, -0.2) is 0 Å². The van der Waals surface area contributed by atoms with Crippen LogP contribution in [0.5, 0.6) is 5.75 Å². The van der Waals surface area contributed by atoms with Crippen molar-refractivity contribution in [1.82, 2.24) is 0 Å². The van der Waals surface area contributed by atoms with Gasteiger partial charge < -0.3 is 4.74 Å². The lowest BCUT2D eigenvalue weighted by Crippen LogP contribution is -2.07. The summed E-state index contributed by atoms with van der Waals surface area (Å²) in [4.78, 5) is 13.5. The summed E-state index contributed by atoms with van der Waals surface area (Å²) in [5.41, 5.74) is 4.19. The van der Waals surface area contributed by atoms with Crippen LogP contribution >= 0.6 is 11.8 Å². The Morgan fingerprint density at radius 1 is 1.05 bits per heavy atom. The average molecular weight is 300 g/mol. The van der Waals surface area contributed by atoms with Crippen molar-refractivity contribution in [3.63, 3.8) is 0 Å². The first-order valence-corrected chi connectivity index (χ1v) is 7.87. The maximum absolute atomic E-state index is 12.4. The van der Waals surface area contributed by atoms with Gasteiger partial charge in [0.25, 0.3) is 0 Å². The number of methoxy groups -OCH3 is 1. The molecule has 0 aliphatic heterocycles. The van der Waals surface area contributed by atoms with E-state index in [4.69, 9.17) is 4.74 Å². The monoisotopic (exact) mass is 300 g/mol. The van der Waals surface area contributed by atoms with Crippen LogP contribution in [0.2, 0.25) is 0 Å². The Hall–Kier alpha value is -1.74. The lowest BCUT2D eigenvalue weighted by Gasteiger charge is -2.10. The molecule has 0 saturated carbocycles. The van der Waals surface area contributed by atoms with Gasteiger partial charge in [0.2, 0.25) is 0 Å². The minimum Gasteiger partial charge on any atom is -0.497 e. The van der Waals surface area contributed by atoms with E-state index in [0.717, 1.165) is 27.3 Å². The van der Waals surface area contributed by atoms with Crippen LogP contribution in [0.25, 0.3) is 0 Å². The van der Waals surface area contributed by atoms with Gasteiger partial charge in [-0.3, -0.25) is 4.79 Å². The number of hydrogen-bond acceptors (Lipinski definition) is 3. The van der Waals surface area contributed by atoms with Crippen molar-refractivity contribution in [2.75, 3.05) is 12.9 Å². The van der Waals surface area contributed by atoms with Crippen LogP contribution in [0, 0.1) is 20.8 Å². The van der Waals surface area contributed by atoms with Crippen LogP contribution in [0.15, 0.2) is 41.3 Å². The van der Waals surface area contributed by atoms with Gasteiger partial charge in [0.15, 0.2) is 5.78 Å². The molecular weight excluding hydrogens is 280 g/mol. The Bertz CT molecular complexity index is 622. The topological polar surface area (TPSA) is 26.3 Å². The van der Waals surface area contributed by atoms with Crippen LogP contribution in [0.4, 0.5) is 0 Å². The molecule has 2 aromatic carbocycles. The molecule has 0 unspecified atom stereocenters. The number of ether oxygens (including phenoxy) is 1. The molecule has 0 amide bonds. The lowest BCUT2D eigenvalue weighted by molar-refractivity contribution is 0.102. The van der Waals surface area contributed by atoms with Crippen LogP contribution in [-0.2, 0) is 0 Å². The van der Waals surface area contributed by atoms with Gasteiger partial charge in [-0.2, -0.15) is 0 Å². The van der Waals surface area contributed by atoms with Gasteiger partial charge in [-0.1, -0.05) is 17.7 Å². The van der Waals surface area contributed by atoms with E-state index in [1.807, 2.05) is 38.1 Å². The third kappa shape index (κ3) is 3.88. The second-order valence-corrected chi connectivity index (χ2v) is 6.21. The fourth-order valence-corrected chi connectivity index (χ4v) is 3.28. The molecule has 110 valence electrons. The van der Waals surface area contributed by atoms with Crippen molar-refractivity contribution in [3.8, 4) is 5.75 Å². The molecule has 0 aliphatic rings. The maximum atomic E-state index is 12.4. The highest BCUT2D eigenvalue weighted by molar-refractivity contribution is 8.00. The van der Waals surface area contributed by atoms with Gasteiger partial charge in [-0.05, 0) is 56.2 Å². The largest absolute Gasteiger partial charge is 0.497 e. The molecular formula is C18H20O2S. The molecule has 2 aromatic rings. The van der Waals surface area contributed by atoms with Gasteiger partial charge in [0.1, 0.15) is 5.75 Å². The Kier molecular flexibility index (Phi) is 5.07. The molecule has 0 N–H and O–H groups in total. The molecule has 0 radical (unpaired) electrons. The minimum absolute atomic E-state index is 0.186. The smallest absolute Gasteiger partial charge is 0.173 e. The zero-order valence-corrected chi connectivity index (χ0v) is 13.7. The highest BCUT2D eigenvalue weighted by Gasteiger charge is 2.13. The predicted molar refractivity (Wildman–Crippen MR) is 88.7 cm³/mol. The second-order valence-electron chi connectivity index (χ2n) is 5.16. The molecule has 3 heteroatoms. The van der Waals surface area contributed by atoms with E-state index in [9.17, 15) is 4.79 Å². The summed E-state index contributed by atoms with van der Waals surface area (Å²) in [5.74, 6) is 1.47. The number of carbonyl (C=O) groups excluding carboxylic acids is 1. The molecule has 21 heavy (non-hydrogen) atoms. The third-order valence-corrected chi connectivity index (χ3v) is 4.40. The Labute approximate surface area is 130 Å². The predicted octanol–water partition coefficient (Wildman–Crippen LogP) is 4.60. The molecule has 0 aliphatic carbocycles. The molecule has 0 aromatic heterocycles. The summed E-state index contributed by atoms with van der Waals surface area (Å²) < 4.78 is 5.13. The fourth-order valence-electron chi connectivity index (χ4n) is 2.51. The molecule has 0 spiro atoms. The molecule has 0 heterocycles. The van der Waals surface area contributed by atoms with E-state index in [2.05, 4.69) is 19.1 Å². The summed E-state index contributed by atoms with van der Waals surface area (Å²) in [5, 5.41) is 0. The van der Waals surface area contributed by atoms with Gasteiger partial charge in [0, 0.05) is 10.5 Å². The molecule has 2 nitrogen and oxygen atoms in total. The van der Waals surface area contributed by atoms with E-state index in [-0.39, 0.29) is 5.78 Å². The van der Waals surface area contributed by atoms with Crippen molar-refractivity contribution in [3.05, 3.63) is 58.7 Å². The van der Waals surface area contributed by atoms with Crippen molar-refractivity contribution in [2.24, 2.45) is 0 Å². The maximum Gasteiger partial charge on any atom is 0.173 e. The van der Waals surface area contributed by atoms with Crippen molar-refractivity contribution in [2.45, 2.75) is 25.7 Å². The zero-order chi connectivity index (χ0) is 15.4. The van der Waals surface area contributed by atoms with E-state index in [1.54, 1.807) is 18.9 Å². The van der Waals surface area contributed by atoms with Crippen LogP contribution in [-0.4, -0.2) is 18.6 Å². The number of benzene rings is 2. The minimum atomic E-state index is 0.186. The van der Waals surface area contributed by atoms with Crippen LogP contribution < -0.4 is 4.74 Å². The quantitative estimate of drug-likeness (QED) is 0.596. The molecule has 0 fully saturated rings. The Morgan fingerprint density at radius 3 is 2.14 bits per heavy atom. The third-order valence-electron chi connectivity index (χ3n) is 3.39. The first-order chi connectivity index (χ1) is 10.0. The number of ketones is 1. The SMILES string of the molecule is COc1ccc(SCC(=O)c2c(C)cc(C)cc2C)cc1. The summed E-state index contributed by atoms with van der Waals surface area (Å²) in [6.45, 7) is 6.07. The Balaban J connectivity index is 2.08. The molecule has 0 bridgehead atoms. The Morgan fingerprint density at radius 2 is 1.62 bits per heavy atom. The van der Waals surface area contributed by atoms with Crippen molar-refractivity contribution >= 4 is 17.5 Å². The standard InChI is InChI=1S/C18H20O2S/c1-12-9-13(2)18(14(3)10-12)17(19)11-21-16-7-5-15(20-4)6-8-16/h5-10H,11H2,1-4H3. The highest BCUT2D eigenvalue weighted by Crippen LogP contribution is 2.24. The van der Waals surface area contributed by atoms with Crippen LogP contribution in [0.3, 0.4) is 0 Å². The number of Topliss-reactive ketones (excluding diaryl/α,β-unsaturated/α-hetero) is 1. The van der Waals surface area contributed by atoms with E-state index in [0.29, 0.717) is 5.75 Å². The van der Waals surface area contributed by atoms with Crippen LogP contribution in [0.1, 0.15) is 27.0 Å². The van der Waals surface area contributed by atoms with Gasteiger partial charge >= 0.3 is 0 Å². The molecule has 2 rings (SSSR count). The molecule has 0 saturated heterocycles. The highest BCUT2D eigenvalue weighted by atomic mass is 32.2. The molecule has 0 atom stereocenters. The first kappa shape index (κ1) is 15.6. The van der Waals surface area contributed by atoms with Gasteiger partial charge in [0.05, 0.1) is 12.9 Å². The fraction of sp³-hybridized carbons (Fsp3) is 0.278. The normalized spacial score (nSPS) is 10.5. The number of hydrogen-bond donors (Lipinski definition) is 0. The van der Waals surface area contributed by atoms with Crippen molar-refractivity contribution in [1.29, 1.82) is 0 Å². The first-order valence-electron chi connectivity index (χ1n) is 6.89. The number of rotatable bonds is 5.